The minimum atomic E-state index is -0.0811. The minimum Gasteiger partial charge on any atom is -0.363 e. The van der Waals surface area contributed by atoms with E-state index < -0.39 is 0 Å². The fourth-order valence-electron chi connectivity index (χ4n) is 2.64. The monoisotopic (exact) mass is 337 g/mol. The van der Waals surface area contributed by atoms with Gasteiger partial charge in [-0.15, -0.1) is 5.10 Å². The van der Waals surface area contributed by atoms with Gasteiger partial charge in [-0.05, 0) is 43.0 Å². The Morgan fingerprint density at radius 3 is 2.40 bits per heavy atom. The number of aromatic nitrogens is 2. The number of carbonyl (C=O) groups excluding carboxylic acids is 1. The maximum absolute atomic E-state index is 11.8. The molecule has 0 aliphatic carbocycles. The summed E-state index contributed by atoms with van der Waals surface area (Å²) >= 11 is 0. The summed E-state index contributed by atoms with van der Waals surface area (Å²) in [6.07, 6.45) is 1.50. The molecule has 0 atom stereocenters. The molecule has 0 aliphatic rings. The first-order valence-electron chi connectivity index (χ1n) is 8.54. The van der Waals surface area contributed by atoms with Crippen LogP contribution in [0.3, 0.4) is 0 Å². The third kappa shape index (κ3) is 4.32. The molecule has 1 amide bonds. The van der Waals surface area contributed by atoms with E-state index in [9.17, 15) is 10.1 Å². The van der Waals surface area contributed by atoms with Crippen molar-refractivity contribution in [3.05, 3.63) is 52.2 Å². The average Bonchev–Trinajstić information content (AvgIpc) is 2.65. The predicted molar refractivity (Wildman–Crippen MR) is 97.3 cm³/mol. The molecule has 6 heteroatoms. The van der Waals surface area contributed by atoms with Gasteiger partial charge >= 0.3 is 0 Å². The number of aryl methyl sites for hydroxylation is 1. The van der Waals surface area contributed by atoms with Gasteiger partial charge in [0, 0.05) is 18.7 Å². The molecule has 0 saturated heterocycles. The summed E-state index contributed by atoms with van der Waals surface area (Å²) in [5.74, 6) is 0.423. The molecule has 2 rings (SSSR count). The first-order valence-corrected chi connectivity index (χ1v) is 8.54. The van der Waals surface area contributed by atoms with Crippen LogP contribution in [0, 0.1) is 11.3 Å². The molecule has 130 valence electrons. The van der Waals surface area contributed by atoms with E-state index in [1.807, 2.05) is 32.9 Å². The van der Waals surface area contributed by atoms with Gasteiger partial charge in [-0.1, -0.05) is 26.0 Å². The Hall–Kier alpha value is -2.94. The topological polar surface area (TPSA) is 90.7 Å². The van der Waals surface area contributed by atoms with Crippen molar-refractivity contribution < 1.29 is 4.79 Å². The minimum absolute atomic E-state index is 0.0811. The van der Waals surface area contributed by atoms with Gasteiger partial charge in [0.05, 0.1) is 5.69 Å². The second-order valence-electron chi connectivity index (χ2n) is 5.58. The van der Waals surface area contributed by atoms with Crippen molar-refractivity contribution in [3.63, 3.8) is 0 Å². The number of nitrogens with one attached hydrogen (secondary N) is 2. The lowest BCUT2D eigenvalue weighted by Crippen LogP contribution is -2.22. The second-order valence-corrected chi connectivity index (χ2v) is 5.58. The molecule has 0 bridgehead atoms. The van der Waals surface area contributed by atoms with Gasteiger partial charge in [0.15, 0.2) is 5.82 Å². The Kier molecular flexibility index (Phi) is 6.47. The molecule has 2 N–H and O–H groups in total. The van der Waals surface area contributed by atoms with Crippen LogP contribution in [0.25, 0.3) is 0 Å². The van der Waals surface area contributed by atoms with Gasteiger partial charge < -0.3 is 10.6 Å². The van der Waals surface area contributed by atoms with Gasteiger partial charge in [-0.3, -0.25) is 4.79 Å². The fourth-order valence-corrected chi connectivity index (χ4v) is 2.64. The summed E-state index contributed by atoms with van der Waals surface area (Å²) in [7, 11) is 0. The quantitative estimate of drug-likeness (QED) is 0.811. The zero-order chi connectivity index (χ0) is 18.2. The van der Waals surface area contributed by atoms with Crippen LogP contribution in [0.15, 0.2) is 24.3 Å². The first kappa shape index (κ1) is 18.4. The Balaban J connectivity index is 2.14. The molecule has 0 fully saturated rings. The van der Waals surface area contributed by atoms with Gasteiger partial charge in [0.25, 0.3) is 5.91 Å². The highest BCUT2D eigenvalue weighted by Gasteiger charge is 2.14. The molecule has 0 radical (unpaired) electrons. The largest absolute Gasteiger partial charge is 0.363 e. The Bertz CT molecular complexity index is 778. The van der Waals surface area contributed by atoms with Crippen LogP contribution in [-0.2, 0) is 19.4 Å². The predicted octanol–water partition coefficient (Wildman–Crippen LogP) is 2.83. The number of anilines is 1. The maximum Gasteiger partial charge on any atom is 0.251 e. The molecule has 25 heavy (non-hydrogen) atoms. The molecule has 6 nitrogen and oxygen atoms in total. The number of hydrogen-bond donors (Lipinski definition) is 2. The van der Waals surface area contributed by atoms with Crippen LogP contribution in [0.5, 0.6) is 0 Å². The van der Waals surface area contributed by atoms with Crippen molar-refractivity contribution in [2.75, 3.05) is 11.9 Å². The summed E-state index contributed by atoms with van der Waals surface area (Å²) in [6.45, 7) is 7.02. The molecular weight excluding hydrogens is 314 g/mol. The Morgan fingerprint density at radius 1 is 1.12 bits per heavy atom. The smallest absolute Gasteiger partial charge is 0.251 e. The Labute approximate surface area is 148 Å². The van der Waals surface area contributed by atoms with E-state index in [-0.39, 0.29) is 5.91 Å². The lowest BCUT2D eigenvalue weighted by molar-refractivity contribution is 0.0956. The molecule has 1 aromatic carbocycles. The number of rotatable bonds is 7. The number of nitrogens with zero attached hydrogens (tertiary/aromatic N) is 3. The van der Waals surface area contributed by atoms with Gasteiger partial charge in [0.2, 0.25) is 0 Å². The zero-order valence-electron chi connectivity index (χ0n) is 14.9. The highest BCUT2D eigenvalue weighted by Crippen LogP contribution is 2.20. The lowest BCUT2D eigenvalue weighted by Gasteiger charge is -2.12. The second kappa shape index (κ2) is 8.78. The summed E-state index contributed by atoms with van der Waals surface area (Å²) in [5.41, 5.74) is 4.01. The highest BCUT2D eigenvalue weighted by molar-refractivity contribution is 5.94. The molecule has 1 heterocycles. The van der Waals surface area contributed by atoms with Crippen molar-refractivity contribution in [1.82, 2.24) is 15.5 Å². The van der Waals surface area contributed by atoms with Crippen LogP contribution in [0.1, 0.15) is 53.5 Å². The van der Waals surface area contributed by atoms with Gasteiger partial charge in [0.1, 0.15) is 11.6 Å². The first-order chi connectivity index (χ1) is 12.1. The van der Waals surface area contributed by atoms with Crippen molar-refractivity contribution in [3.8, 4) is 6.07 Å². The fraction of sp³-hybridized carbons (Fsp3) is 0.368. The number of carbonyl (C=O) groups is 1. The van der Waals surface area contributed by atoms with E-state index in [4.69, 9.17) is 0 Å². The average molecular weight is 337 g/mol. The van der Waals surface area contributed by atoms with Crippen LogP contribution >= 0.6 is 0 Å². The van der Waals surface area contributed by atoms with Crippen molar-refractivity contribution in [1.29, 1.82) is 5.26 Å². The molecule has 1 aromatic heterocycles. The van der Waals surface area contributed by atoms with Crippen molar-refractivity contribution in [2.45, 2.75) is 40.2 Å². The SMILES string of the molecule is CCNC(=O)c1ccc(CNc2nnc(CC)c(CC)c2C#N)cc1. The van der Waals surface area contributed by atoms with Crippen LogP contribution in [0.2, 0.25) is 0 Å². The number of hydrogen-bond acceptors (Lipinski definition) is 5. The lowest BCUT2D eigenvalue weighted by atomic mass is 10.0. The molecule has 0 unspecified atom stereocenters. The van der Waals surface area contributed by atoms with Gasteiger partial charge in [-0.25, -0.2) is 0 Å². The van der Waals surface area contributed by atoms with E-state index in [0.29, 0.717) is 30.0 Å². The molecule has 2 aromatic rings. The molecular formula is C19H23N5O. The Morgan fingerprint density at radius 2 is 1.84 bits per heavy atom. The summed E-state index contributed by atoms with van der Waals surface area (Å²) in [4.78, 5) is 11.8. The van der Waals surface area contributed by atoms with E-state index in [1.54, 1.807) is 12.1 Å². The van der Waals surface area contributed by atoms with Crippen molar-refractivity contribution in [2.24, 2.45) is 0 Å². The third-order valence-corrected chi connectivity index (χ3v) is 3.97. The van der Waals surface area contributed by atoms with Gasteiger partial charge in [-0.2, -0.15) is 10.4 Å². The summed E-state index contributed by atoms with van der Waals surface area (Å²) in [5, 5.41) is 23.8. The van der Waals surface area contributed by atoms with Crippen molar-refractivity contribution >= 4 is 11.7 Å². The number of nitriles is 1. The molecule has 0 spiro atoms. The standard InChI is InChI=1S/C19H23N5O/c1-4-15-16(11-20)18(24-23-17(15)5-2)22-12-13-7-9-14(10-8-13)19(25)21-6-3/h7-10H,4-6,12H2,1-3H3,(H,21,25)(H,22,24). The number of benzene rings is 1. The van der Waals surface area contributed by atoms with Crippen LogP contribution in [-0.4, -0.2) is 22.6 Å². The third-order valence-electron chi connectivity index (χ3n) is 3.97. The molecule has 0 saturated carbocycles. The number of amides is 1. The summed E-state index contributed by atoms with van der Waals surface area (Å²) in [6, 6.07) is 9.60. The van der Waals surface area contributed by atoms with Crippen LogP contribution < -0.4 is 10.6 Å². The summed E-state index contributed by atoms with van der Waals surface area (Å²) < 4.78 is 0. The van der Waals surface area contributed by atoms with E-state index in [0.717, 1.165) is 29.7 Å². The van der Waals surface area contributed by atoms with E-state index >= 15 is 0 Å². The molecule has 0 aliphatic heterocycles. The maximum atomic E-state index is 11.8. The van der Waals surface area contributed by atoms with E-state index in [1.165, 1.54) is 0 Å². The normalized spacial score (nSPS) is 10.2. The highest BCUT2D eigenvalue weighted by atomic mass is 16.1. The van der Waals surface area contributed by atoms with Crippen LogP contribution in [0.4, 0.5) is 5.82 Å². The zero-order valence-corrected chi connectivity index (χ0v) is 14.9. The van der Waals surface area contributed by atoms with E-state index in [2.05, 4.69) is 26.9 Å².